The molecule has 0 spiro atoms. The molecule has 0 bridgehead atoms. The second kappa shape index (κ2) is 6.53. The molecule has 19 heavy (non-hydrogen) atoms. The molecule has 0 aliphatic heterocycles. The first-order valence-corrected chi connectivity index (χ1v) is 6.96. The molecule has 1 aromatic carbocycles. The van der Waals surface area contributed by atoms with Crippen LogP contribution in [0.2, 0.25) is 0 Å². The van der Waals surface area contributed by atoms with E-state index in [2.05, 4.69) is 60.0 Å². The molecule has 0 saturated carbocycles. The van der Waals surface area contributed by atoms with Crippen molar-refractivity contribution in [2.45, 2.75) is 40.3 Å². The fraction of sp³-hybridized carbons (Fsp3) is 0.438. The van der Waals surface area contributed by atoms with Gasteiger partial charge in [0.2, 0.25) is 0 Å². The zero-order chi connectivity index (χ0) is 13.7. The fourth-order valence-electron chi connectivity index (χ4n) is 2.14. The number of hydrogen-bond donors (Lipinski definition) is 1. The molecule has 1 N–H and O–H groups in total. The molecular formula is C16H23N3. The Labute approximate surface area is 115 Å². The van der Waals surface area contributed by atoms with Gasteiger partial charge < -0.3 is 9.88 Å². The fourth-order valence-corrected chi connectivity index (χ4v) is 2.14. The minimum Gasteiger partial charge on any atom is -0.333 e. The predicted octanol–water partition coefficient (Wildman–Crippen LogP) is 3.05. The predicted molar refractivity (Wildman–Crippen MR) is 79.2 cm³/mol. The zero-order valence-electron chi connectivity index (χ0n) is 12.1. The number of hydrogen-bond acceptors (Lipinski definition) is 2. The molecule has 0 aliphatic carbocycles. The first-order chi connectivity index (χ1) is 9.19. The number of rotatable bonds is 6. The topological polar surface area (TPSA) is 29.9 Å². The highest BCUT2D eigenvalue weighted by molar-refractivity contribution is 5.30. The molecule has 2 aromatic rings. The third kappa shape index (κ3) is 3.93. The summed E-state index contributed by atoms with van der Waals surface area (Å²) in [6, 6.07) is 6.60. The van der Waals surface area contributed by atoms with Gasteiger partial charge >= 0.3 is 0 Å². The standard InChI is InChI=1S/C16H23N3/c1-4-7-17-9-16-11-19(12-18-16)10-15-8-13(2)5-6-14(15)3/h5-6,8,11-12,17H,4,7,9-10H2,1-3H3. The highest BCUT2D eigenvalue weighted by atomic mass is 15.0. The molecular weight excluding hydrogens is 234 g/mol. The Morgan fingerprint density at radius 2 is 2.11 bits per heavy atom. The lowest BCUT2D eigenvalue weighted by atomic mass is 10.1. The molecule has 102 valence electrons. The summed E-state index contributed by atoms with van der Waals surface area (Å²) in [4.78, 5) is 4.44. The van der Waals surface area contributed by atoms with Gasteiger partial charge in [-0.05, 0) is 37.9 Å². The first-order valence-electron chi connectivity index (χ1n) is 6.96. The van der Waals surface area contributed by atoms with Crippen LogP contribution < -0.4 is 5.32 Å². The molecule has 3 heteroatoms. The van der Waals surface area contributed by atoms with Crippen molar-refractivity contribution in [1.29, 1.82) is 0 Å². The summed E-state index contributed by atoms with van der Waals surface area (Å²) >= 11 is 0. The van der Waals surface area contributed by atoms with Crippen LogP contribution in [-0.2, 0) is 13.1 Å². The SMILES string of the molecule is CCCNCc1cn(Cc2cc(C)ccc2C)cn1. The molecule has 3 nitrogen and oxygen atoms in total. The van der Waals surface area contributed by atoms with E-state index in [1.165, 1.54) is 16.7 Å². The maximum Gasteiger partial charge on any atom is 0.0953 e. The van der Waals surface area contributed by atoms with E-state index >= 15 is 0 Å². The van der Waals surface area contributed by atoms with Gasteiger partial charge in [0.05, 0.1) is 12.0 Å². The smallest absolute Gasteiger partial charge is 0.0953 e. The molecule has 1 aromatic heterocycles. The third-order valence-corrected chi connectivity index (χ3v) is 3.28. The highest BCUT2D eigenvalue weighted by Gasteiger charge is 2.02. The van der Waals surface area contributed by atoms with Gasteiger partial charge in [0.1, 0.15) is 0 Å². The summed E-state index contributed by atoms with van der Waals surface area (Å²) in [5.74, 6) is 0. The van der Waals surface area contributed by atoms with Crippen LogP contribution in [0.1, 0.15) is 35.7 Å². The minimum absolute atomic E-state index is 0.855. The number of aromatic nitrogens is 2. The molecule has 0 atom stereocenters. The van der Waals surface area contributed by atoms with E-state index in [-0.39, 0.29) is 0 Å². The molecule has 0 saturated heterocycles. The van der Waals surface area contributed by atoms with Crippen LogP contribution in [0, 0.1) is 13.8 Å². The molecule has 0 radical (unpaired) electrons. The van der Waals surface area contributed by atoms with Crippen LogP contribution in [0.4, 0.5) is 0 Å². The van der Waals surface area contributed by atoms with Crippen molar-refractivity contribution >= 4 is 0 Å². The van der Waals surface area contributed by atoms with Crippen molar-refractivity contribution in [1.82, 2.24) is 14.9 Å². The van der Waals surface area contributed by atoms with Crippen molar-refractivity contribution < 1.29 is 0 Å². The minimum atomic E-state index is 0.855. The van der Waals surface area contributed by atoms with E-state index in [0.717, 1.165) is 31.7 Å². The van der Waals surface area contributed by atoms with Crippen LogP contribution in [0.25, 0.3) is 0 Å². The Hall–Kier alpha value is -1.61. The van der Waals surface area contributed by atoms with E-state index < -0.39 is 0 Å². The van der Waals surface area contributed by atoms with Gasteiger partial charge in [0.15, 0.2) is 0 Å². The molecule has 2 rings (SSSR count). The quantitative estimate of drug-likeness (QED) is 0.806. The Bertz CT molecular complexity index is 529. The Balaban J connectivity index is 2.01. The molecule has 0 unspecified atom stereocenters. The van der Waals surface area contributed by atoms with E-state index in [1.807, 2.05) is 6.33 Å². The van der Waals surface area contributed by atoms with Gasteiger partial charge in [-0.3, -0.25) is 0 Å². The summed E-state index contributed by atoms with van der Waals surface area (Å²) in [6.07, 6.45) is 5.21. The average molecular weight is 257 g/mol. The van der Waals surface area contributed by atoms with E-state index in [0.29, 0.717) is 0 Å². The maximum absolute atomic E-state index is 4.44. The summed E-state index contributed by atoms with van der Waals surface area (Å²) in [6.45, 7) is 9.27. The van der Waals surface area contributed by atoms with Gasteiger partial charge in [-0.2, -0.15) is 0 Å². The van der Waals surface area contributed by atoms with Crippen molar-refractivity contribution in [3.63, 3.8) is 0 Å². The maximum atomic E-state index is 4.44. The van der Waals surface area contributed by atoms with Gasteiger partial charge in [0.25, 0.3) is 0 Å². The van der Waals surface area contributed by atoms with Gasteiger partial charge in [-0.15, -0.1) is 0 Å². The number of nitrogens with zero attached hydrogens (tertiary/aromatic N) is 2. The van der Waals surface area contributed by atoms with Crippen LogP contribution in [0.3, 0.4) is 0 Å². The van der Waals surface area contributed by atoms with Crippen molar-refractivity contribution in [2.75, 3.05) is 6.54 Å². The third-order valence-electron chi connectivity index (χ3n) is 3.28. The van der Waals surface area contributed by atoms with Crippen LogP contribution in [-0.4, -0.2) is 16.1 Å². The number of benzene rings is 1. The average Bonchev–Trinajstić information content (AvgIpc) is 2.82. The van der Waals surface area contributed by atoms with Gasteiger partial charge in [0, 0.05) is 19.3 Å². The lowest BCUT2D eigenvalue weighted by Gasteiger charge is -2.07. The van der Waals surface area contributed by atoms with Crippen molar-refractivity contribution in [3.8, 4) is 0 Å². The Kier molecular flexibility index (Phi) is 4.74. The number of aryl methyl sites for hydroxylation is 2. The van der Waals surface area contributed by atoms with Crippen molar-refractivity contribution in [2.24, 2.45) is 0 Å². The summed E-state index contributed by atoms with van der Waals surface area (Å²) in [5, 5.41) is 3.37. The largest absolute Gasteiger partial charge is 0.333 e. The second-order valence-corrected chi connectivity index (χ2v) is 5.14. The Morgan fingerprint density at radius 1 is 1.26 bits per heavy atom. The van der Waals surface area contributed by atoms with Crippen molar-refractivity contribution in [3.05, 3.63) is 53.1 Å². The lowest BCUT2D eigenvalue weighted by Crippen LogP contribution is -2.13. The number of imidazole rings is 1. The molecule has 0 fully saturated rings. The summed E-state index contributed by atoms with van der Waals surface area (Å²) in [5.41, 5.74) is 5.12. The zero-order valence-corrected chi connectivity index (χ0v) is 12.1. The monoisotopic (exact) mass is 257 g/mol. The van der Waals surface area contributed by atoms with Crippen LogP contribution >= 0.6 is 0 Å². The van der Waals surface area contributed by atoms with E-state index in [9.17, 15) is 0 Å². The Morgan fingerprint density at radius 3 is 2.89 bits per heavy atom. The lowest BCUT2D eigenvalue weighted by molar-refractivity contribution is 0.665. The summed E-state index contributed by atoms with van der Waals surface area (Å²) < 4.78 is 2.16. The molecule has 1 heterocycles. The van der Waals surface area contributed by atoms with E-state index in [4.69, 9.17) is 0 Å². The number of nitrogens with one attached hydrogen (secondary N) is 1. The highest BCUT2D eigenvalue weighted by Crippen LogP contribution is 2.12. The first kappa shape index (κ1) is 13.8. The normalized spacial score (nSPS) is 10.9. The van der Waals surface area contributed by atoms with Crippen LogP contribution in [0.15, 0.2) is 30.7 Å². The second-order valence-electron chi connectivity index (χ2n) is 5.14. The van der Waals surface area contributed by atoms with Crippen LogP contribution in [0.5, 0.6) is 0 Å². The van der Waals surface area contributed by atoms with Gasteiger partial charge in [-0.25, -0.2) is 4.98 Å². The van der Waals surface area contributed by atoms with E-state index in [1.54, 1.807) is 0 Å². The molecule has 0 amide bonds. The van der Waals surface area contributed by atoms with Gasteiger partial charge in [-0.1, -0.05) is 30.7 Å². The molecule has 0 aliphatic rings. The summed E-state index contributed by atoms with van der Waals surface area (Å²) in [7, 11) is 0.